The molecule has 7 heteroatoms. The van der Waals surface area contributed by atoms with E-state index in [2.05, 4.69) is 29.0 Å². The molecule has 3 aromatic rings. The molecular weight excluding hydrogens is 332 g/mol. The highest BCUT2D eigenvalue weighted by molar-refractivity contribution is 5.99. The molecule has 0 bridgehead atoms. The van der Waals surface area contributed by atoms with E-state index < -0.39 is 0 Å². The Morgan fingerprint density at radius 3 is 2.88 bits per heavy atom. The summed E-state index contributed by atoms with van der Waals surface area (Å²) in [6, 6.07) is 9.34. The van der Waals surface area contributed by atoms with Gasteiger partial charge in [0, 0.05) is 42.2 Å². The van der Waals surface area contributed by atoms with Crippen LogP contribution in [0, 0.1) is 0 Å². The van der Waals surface area contributed by atoms with Gasteiger partial charge in [0.2, 0.25) is 5.88 Å². The van der Waals surface area contributed by atoms with E-state index >= 15 is 0 Å². The summed E-state index contributed by atoms with van der Waals surface area (Å²) in [5, 5.41) is 12.6. The Morgan fingerprint density at radius 1 is 1.31 bits per heavy atom. The average molecular weight is 350 g/mol. The van der Waals surface area contributed by atoms with Gasteiger partial charge in [-0.2, -0.15) is 0 Å². The number of ether oxygens (including phenoxy) is 2. The molecule has 1 aliphatic rings. The summed E-state index contributed by atoms with van der Waals surface area (Å²) in [5.74, 6) is 2.16. The fraction of sp³-hybridized carbons (Fsp3) is 0.211. The van der Waals surface area contributed by atoms with Crippen LogP contribution in [-0.2, 0) is 6.42 Å². The van der Waals surface area contributed by atoms with Crippen molar-refractivity contribution in [1.82, 2.24) is 14.5 Å². The minimum atomic E-state index is -0.240. The lowest BCUT2D eigenvalue weighted by atomic mass is 10.0. The lowest BCUT2D eigenvalue weighted by Gasteiger charge is -2.18. The molecule has 3 heterocycles. The van der Waals surface area contributed by atoms with Gasteiger partial charge in [-0.1, -0.05) is 17.3 Å². The van der Waals surface area contributed by atoms with Crippen LogP contribution >= 0.6 is 0 Å². The predicted octanol–water partition coefficient (Wildman–Crippen LogP) is 3.47. The van der Waals surface area contributed by atoms with Gasteiger partial charge in [0.1, 0.15) is 11.9 Å². The number of oxime groups is 1. The average Bonchev–Trinajstić information content (AvgIpc) is 3.24. The van der Waals surface area contributed by atoms with Crippen LogP contribution in [0.1, 0.15) is 25.0 Å². The molecule has 2 aromatic heterocycles. The SMILES string of the molecule is CC1(C)Cc2cccc(Oc3ccc(/C(=N/O)n4ccnc4)cn3)c2O1. The zero-order valence-corrected chi connectivity index (χ0v) is 14.5. The van der Waals surface area contributed by atoms with Crippen LogP contribution < -0.4 is 9.47 Å². The Morgan fingerprint density at radius 2 is 2.19 bits per heavy atom. The number of hydrogen-bond donors (Lipinski definition) is 1. The van der Waals surface area contributed by atoms with Crippen LogP contribution in [0.25, 0.3) is 0 Å². The number of benzene rings is 1. The molecule has 0 saturated carbocycles. The first-order valence-electron chi connectivity index (χ1n) is 8.21. The van der Waals surface area contributed by atoms with Crippen LogP contribution in [0.4, 0.5) is 0 Å². The molecule has 0 saturated heterocycles. The van der Waals surface area contributed by atoms with E-state index in [0.29, 0.717) is 23.0 Å². The maximum Gasteiger partial charge on any atom is 0.219 e. The third-order valence-electron chi connectivity index (χ3n) is 4.11. The van der Waals surface area contributed by atoms with Crippen molar-refractivity contribution in [3.8, 4) is 17.4 Å². The first-order chi connectivity index (χ1) is 12.6. The van der Waals surface area contributed by atoms with E-state index in [9.17, 15) is 5.21 Å². The van der Waals surface area contributed by atoms with Crippen molar-refractivity contribution in [2.75, 3.05) is 0 Å². The molecule has 0 spiro atoms. The van der Waals surface area contributed by atoms with Crippen LogP contribution in [0.5, 0.6) is 17.4 Å². The van der Waals surface area contributed by atoms with Gasteiger partial charge in [-0.15, -0.1) is 0 Å². The Bertz CT molecular complexity index is 947. The van der Waals surface area contributed by atoms with Gasteiger partial charge in [-0.05, 0) is 26.0 Å². The first kappa shape index (κ1) is 16.1. The third-order valence-corrected chi connectivity index (χ3v) is 4.11. The number of fused-ring (bicyclic) bond motifs is 1. The number of pyridine rings is 1. The molecule has 132 valence electrons. The van der Waals surface area contributed by atoms with E-state index in [4.69, 9.17) is 9.47 Å². The molecule has 0 unspecified atom stereocenters. The monoisotopic (exact) mass is 350 g/mol. The number of imidazole rings is 1. The van der Waals surface area contributed by atoms with Crippen molar-refractivity contribution < 1.29 is 14.7 Å². The van der Waals surface area contributed by atoms with Gasteiger partial charge in [-0.3, -0.25) is 4.57 Å². The number of para-hydroxylation sites is 1. The van der Waals surface area contributed by atoms with Crippen molar-refractivity contribution in [2.24, 2.45) is 5.16 Å². The maximum atomic E-state index is 9.27. The summed E-state index contributed by atoms with van der Waals surface area (Å²) >= 11 is 0. The fourth-order valence-corrected chi connectivity index (χ4v) is 3.00. The fourth-order valence-electron chi connectivity index (χ4n) is 3.00. The molecule has 1 aromatic carbocycles. The summed E-state index contributed by atoms with van der Waals surface area (Å²) in [6.07, 6.45) is 7.26. The largest absolute Gasteiger partial charge is 0.483 e. The second-order valence-electron chi connectivity index (χ2n) is 6.66. The minimum absolute atomic E-state index is 0.240. The summed E-state index contributed by atoms with van der Waals surface area (Å²) in [7, 11) is 0. The molecular formula is C19H18N4O3. The van der Waals surface area contributed by atoms with Crippen LogP contribution in [-0.4, -0.2) is 31.2 Å². The Balaban J connectivity index is 1.57. The van der Waals surface area contributed by atoms with Crippen molar-refractivity contribution in [3.63, 3.8) is 0 Å². The molecule has 1 aliphatic heterocycles. The Kier molecular flexibility index (Phi) is 3.84. The summed E-state index contributed by atoms with van der Waals surface area (Å²) in [6.45, 7) is 4.10. The maximum absolute atomic E-state index is 9.27. The van der Waals surface area contributed by atoms with E-state index in [-0.39, 0.29) is 5.60 Å². The highest BCUT2D eigenvalue weighted by atomic mass is 16.5. The van der Waals surface area contributed by atoms with Crippen LogP contribution in [0.2, 0.25) is 0 Å². The second kappa shape index (κ2) is 6.18. The Labute approximate surface area is 150 Å². The molecule has 0 radical (unpaired) electrons. The van der Waals surface area contributed by atoms with Gasteiger partial charge in [0.25, 0.3) is 0 Å². The van der Waals surface area contributed by atoms with Gasteiger partial charge in [-0.25, -0.2) is 9.97 Å². The van der Waals surface area contributed by atoms with Crippen LogP contribution in [0.15, 0.2) is 60.4 Å². The van der Waals surface area contributed by atoms with E-state index in [1.165, 1.54) is 0 Å². The lowest BCUT2D eigenvalue weighted by Crippen LogP contribution is -2.24. The van der Waals surface area contributed by atoms with E-state index in [1.54, 1.807) is 41.6 Å². The number of rotatable bonds is 3. The van der Waals surface area contributed by atoms with Gasteiger partial charge >= 0.3 is 0 Å². The van der Waals surface area contributed by atoms with Gasteiger partial charge < -0.3 is 14.7 Å². The highest BCUT2D eigenvalue weighted by Gasteiger charge is 2.32. The summed E-state index contributed by atoms with van der Waals surface area (Å²) < 4.78 is 13.5. The van der Waals surface area contributed by atoms with Crippen molar-refractivity contribution >= 4 is 5.84 Å². The van der Waals surface area contributed by atoms with Crippen molar-refractivity contribution in [1.29, 1.82) is 0 Å². The minimum Gasteiger partial charge on any atom is -0.483 e. The van der Waals surface area contributed by atoms with E-state index in [0.717, 1.165) is 17.7 Å². The quantitative estimate of drug-likeness (QED) is 0.338. The molecule has 26 heavy (non-hydrogen) atoms. The normalized spacial score (nSPS) is 15.4. The second-order valence-corrected chi connectivity index (χ2v) is 6.66. The van der Waals surface area contributed by atoms with Crippen molar-refractivity contribution in [3.05, 3.63) is 66.4 Å². The van der Waals surface area contributed by atoms with E-state index in [1.807, 2.05) is 18.2 Å². The standard InChI is InChI=1S/C19H18N4O3/c1-19(2)10-13-4-3-5-15(17(13)26-19)25-16-7-6-14(11-21-16)18(22-24)23-9-8-20-12-23/h3-9,11-12,24H,10H2,1-2H3/b22-18-. The third kappa shape index (κ3) is 2.99. The molecule has 0 atom stereocenters. The number of nitrogens with zero attached hydrogens (tertiary/aromatic N) is 4. The molecule has 1 N–H and O–H groups in total. The van der Waals surface area contributed by atoms with Crippen molar-refractivity contribution in [2.45, 2.75) is 25.9 Å². The summed E-state index contributed by atoms with van der Waals surface area (Å²) in [4.78, 5) is 8.26. The number of aromatic nitrogens is 3. The van der Waals surface area contributed by atoms with Gasteiger partial charge in [0.15, 0.2) is 17.3 Å². The topological polar surface area (TPSA) is 81.8 Å². The zero-order chi connectivity index (χ0) is 18.1. The van der Waals surface area contributed by atoms with Crippen LogP contribution in [0.3, 0.4) is 0 Å². The molecule has 7 nitrogen and oxygen atoms in total. The van der Waals surface area contributed by atoms with Gasteiger partial charge in [0.05, 0.1) is 0 Å². The Hall–Kier alpha value is -3.35. The first-order valence-corrected chi connectivity index (χ1v) is 8.21. The summed E-state index contributed by atoms with van der Waals surface area (Å²) in [5.41, 5.74) is 1.52. The zero-order valence-electron chi connectivity index (χ0n) is 14.5. The smallest absolute Gasteiger partial charge is 0.219 e. The predicted molar refractivity (Wildman–Crippen MR) is 95.1 cm³/mol. The molecule has 0 aliphatic carbocycles. The molecule has 4 rings (SSSR count). The molecule has 0 amide bonds. The highest BCUT2D eigenvalue weighted by Crippen LogP contribution is 2.43. The molecule has 0 fully saturated rings. The number of hydrogen-bond acceptors (Lipinski definition) is 6. The lowest BCUT2D eigenvalue weighted by molar-refractivity contribution is 0.135.